The van der Waals surface area contributed by atoms with Gasteiger partial charge in [-0.2, -0.15) is 0 Å². The number of phenols is 1. The molecule has 2 aromatic carbocycles. The Hall–Kier alpha value is -9.12. The molecule has 26 N–H and O–H groups in total. The van der Waals surface area contributed by atoms with E-state index < -0.39 is 143 Å². The smallest absolute Gasteiger partial charge is 0.245 e. The van der Waals surface area contributed by atoms with E-state index in [0.717, 1.165) is 21.6 Å². The SMILES string of the molecule is CC[C@H](C)[C@@H]1NC(=O)C(CCCN=C(N)N)NC(=O)C(CCCN=C(N)N)NC(=O)[C@@H](NC(=O)[C@H](Cc2ccccc2)NC(=O)CNC(=O)CNC(=O)[C@@H](N)Cc2ccc(O)cc2)C(C)(C)SSC[C@H](C(N)=O)NC(=O)[C@@H]2CCCN2C(=O)[C@H](CCCN=C(N)N)NC1=O. The van der Waals surface area contributed by atoms with Gasteiger partial charge in [-0.1, -0.05) is 84.3 Å². The summed E-state index contributed by atoms with van der Waals surface area (Å²) < 4.78 is -1.46. The molecule has 2 unspecified atom stereocenters. The number of rotatable bonds is 27. The van der Waals surface area contributed by atoms with E-state index in [1.165, 1.54) is 17.0 Å². The van der Waals surface area contributed by atoms with E-state index in [1.807, 2.05) is 0 Å². The second-order valence-corrected chi connectivity index (χ2v) is 26.2. The first kappa shape index (κ1) is 77.3. The molecular formula is C59H93N21O12S2. The minimum atomic E-state index is -1.65. The average Bonchev–Trinajstić information content (AvgIpc) is 1.73. The van der Waals surface area contributed by atoms with E-state index >= 15 is 4.79 Å². The molecule has 0 aromatic heterocycles. The van der Waals surface area contributed by atoms with Gasteiger partial charge in [0, 0.05) is 43.1 Å². The molecule has 2 fully saturated rings. The van der Waals surface area contributed by atoms with E-state index in [1.54, 1.807) is 70.2 Å². The van der Waals surface area contributed by atoms with Gasteiger partial charge >= 0.3 is 0 Å². The van der Waals surface area contributed by atoms with Crippen LogP contribution in [0.1, 0.15) is 96.6 Å². The number of amides is 11. The predicted octanol–water partition coefficient (Wildman–Crippen LogP) is -5.01. The molecular weight excluding hydrogens is 1260 g/mol. The molecule has 0 saturated carbocycles. The number of nitrogens with zero attached hydrogens (tertiary/aromatic N) is 4. The van der Waals surface area contributed by atoms with Crippen LogP contribution in [0, 0.1) is 5.92 Å². The fourth-order valence-corrected chi connectivity index (χ4v) is 12.8. The Morgan fingerprint density at radius 1 is 0.660 bits per heavy atom. The second kappa shape index (κ2) is 38.8. The number of aliphatic imine (C=N–C) groups is 3. The van der Waals surface area contributed by atoms with Gasteiger partial charge in [0.1, 0.15) is 54.1 Å². The number of primary amides is 1. The number of nitrogens with two attached hydrogens (primary N) is 8. The number of carbonyl (C=O) groups is 11. The van der Waals surface area contributed by atoms with Gasteiger partial charge in [-0.15, -0.1) is 0 Å². The molecule has 35 heteroatoms. The van der Waals surface area contributed by atoms with Crippen molar-refractivity contribution in [3.63, 3.8) is 0 Å². The predicted molar refractivity (Wildman–Crippen MR) is 357 cm³/mol. The summed E-state index contributed by atoms with van der Waals surface area (Å²) in [5, 5.41) is 33.5. The highest BCUT2D eigenvalue weighted by Crippen LogP contribution is 2.39. The van der Waals surface area contributed by atoms with Gasteiger partial charge in [0.05, 0.1) is 19.1 Å². The second-order valence-electron chi connectivity index (χ2n) is 23.2. The lowest BCUT2D eigenvalue weighted by molar-refractivity contribution is -0.142. The quantitative estimate of drug-likeness (QED) is 0.0172. The summed E-state index contributed by atoms with van der Waals surface area (Å²) in [6, 6.07) is 2.28. The van der Waals surface area contributed by atoms with E-state index in [-0.39, 0.29) is 113 Å². The number of guanidine groups is 3. The Morgan fingerprint density at radius 2 is 1.19 bits per heavy atom. The molecule has 33 nitrogen and oxygen atoms in total. The Kier molecular flexibility index (Phi) is 31.9. The molecule has 4 rings (SSSR count). The normalized spacial score (nSPS) is 21.7. The maximum Gasteiger partial charge on any atom is 0.245 e. The number of benzene rings is 2. The molecule has 2 saturated heterocycles. The number of fused-ring (bicyclic) bond motifs is 1. The van der Waals surface area contributed by atoms with Crippen molar-refractivity contribution in [2.75, 3.05) is 45.0 Å². The van der Waals surface area contributed by atoms with Gasteiger partial charge in [0.25, 0.3) is 0 Å². The first-order chi connectivity index (χ1) is 44.5. The van der Waals surface area contributed by atoms with Gasteiger partial charge < -0.3 is 104 Å². The van der Waals surface area contributed by atoms with E-state index in [0.29, 0.717) is 24.0 Å². The zero-order valence-corrected chi connectivity index (χ0v) is 55.0. The molecule has 11 amide bonds. The largest absolute Gasteiger partial charge is 0.508 e. The number of carbonyl (C=O) groups excluding carboxylic acids is 11. The van der Waals surface area contributed by atoms with Crippen LogP contribution in [0.2, 0.25) is 0 Å². The molecule has 518 valence electrons. The number of phenolic OH excluding ortho intramolecular Hbond substituents is 1. The van der Waals surface area contributed by atoms with Crippen molar-refractivity contribution in [2.24, 2.45) is 66.8 Å². The summed E-state index contributed by atoms with van der Waals surface area (Å²) in [5.41, 5.74) is 46.8. The summed E-state index contributed by atoms with van der Waals surface area (Å²) in [4.78, 5) is 169. The van der Waals surface area contributed by atoms with Crippen LogP contribution in [-0.4, -0.2) is 197 Å². The van der Waals surface area contributed by atoms with Gasteiger partial charge in [0.2, 0.25) is 65.0 Å². The highest BCUT2D eigenvalue weighted by Gasteiger charge is 2.43. The standard InChI is InChI=1S/C59H93N21O12S2/c1-5-32(2)45-53(90)76-39(17-11-25-70-58(66)67)55(92)80-26-12-18-42(80)52(89)77-41(47(61)84)31-93-94-59(3,4)46(54(91)75-37(15-9-23-68-56(62)63)49(86)74-38(50(87)78-45)16-10-24-69-57(64)65)79-51(88)40(28-33-13-7-6-8-14-33)73-44(83)30-71-43(82)29-72-48(85)36(60)27-34-19-21-35(81)22-20-34/h6-8,13-14,19-22,32,36-42,45-46,81H,5,9-12,15-18,23-31,60H2,1-4H3,(H2,61,84)(H,71,82)(H,72,85)(H,73,83)(H,74,86)(H,75,91)(H,76,90)(H,77,89)(H,78,87)(H,79,88)(H4,62,63,68)(H4,64,65,69)(H4,66,67,70)/t32-,36-,37?,38?,39-,40-,41+,42-,45-,46+/m0/s1. The third-order valence-electron chi connectivity index (χ3n) is 15.3. The van der Waals surface area contributed by atoms with Crippen molar-refractivity contribution in [3.05, 3.63) is 65.7 Å². The summed E-state index contributed by atoms with van der Waals surface area (Å²) in [7, 11) is 1.96. The van der Waals surface area contributed by atoms with Gasteiger partial charge in [-0.3, -0.25) is 67.7 Å². The summed E-state index contributed by atoms with van der Waals surface area (Å²) in [5.74, 6) is -10.6. The summed E-state index contributed by atoms with van der Waals surface area (Å²) >= 11 is 0. The Morgan fingerprint density at radius 3 is 1.76 bits per heavy atom. The molecule has 0 aliphatic carbocycles. The van der Waals surface area contributed by atoms with Crippen LogP contribution in [0.4, 0.5) is 0 Å². The zero-order valence-electron chi connectivity index (χ0n) is 53.4. The lowest BCUT2D eigenvalue weighted by Crippen LogP contribution is -2.63. The van der Waals surface area contributed by atoms with Crippen LogP contribution in [0.15, 0.2) is 69.6 Å². The van der Waals surface area contributed by atoms with Gasteiger partial charge in [-0.05, 0) is 101 Å². The van der Waals surface area contributed by atoms with Crippen molar-refractivity contribution in [1.82, 2.24) is 52.8 Å². The van der Waals surface area contributed by atoms with E-state index in [9.17, 15) is 53.1 Å². The van der Waals surface area contributed by atoms with Crippen LogP contribution in [0.3, 0.4) is 0 Å². The van der Waals surface area contributed by atoms with Crippen LogP contribution in [0.25, 0.3) is 0 Å². The number of aromatic hydroxyl groups is 1. The molecule has 2 heterocycles. The molecule has 2 aromatic rings. The highest BCUT2D eigenvalue weighted by atomic mass is 33.1. The molecule has 2 aliphatic heterocycles. The number of hydrogen-bond acceptors (Lipinski definition) is 18. The van der Waals surface area contributed by atoms with Crippen LogP contribution >= 0.6 is 21.6 Å². The summed E-state index contributed by atoms with van der Waals surface area (Å²) in [6.07, 6.45) is 0.818. The third-order valence-corrected chi connectivity index (χ3v) is 18.6. The van der Waals surface area contributed by atoms with Crippen LogP contribution in [-0.2, 0) is 65.6 Å². The lowest BCUT2D eigenvalue weighted by Gasteiger charge is -2.35. The Labute approximate surface area is 553 Å². The summed E-state index contributed by atoms with van der Waals surface area (Å²) in [6.45, 7) is 5.47. The number of nitrogens with one attached hydrogen (secondary N) is 9. The number of hydrogen-bond donors (Lipinski definition) is 18. The van der Waals surface area contributed by atoms with Crippen molar-refractivity contribution in [2.45, 2.75) is 157 Å². The molecule has 0 spiro atoms. The highest BCUT2D eigenvalue weighted by molar-refractivity contribution is 8.77. The van der Waals surface area contributed by atoms with Crippen molar-refractivity contribution < 1.29 is 57.8 Å². The monoisotopic (exact) mass is 1350 g/mol. The van der Waals surface area contributed by atoms with Gasteiger partial charge in [0.15, 0.2) is 17.9 Å². The molecule has 94 heavy (non-hydrogen) atoms. The third kappa shape index (κ3) is 26.5. The molecule has 0 bridgehead atoms. The van der Waals surface area contributed by atoms with E-state index in [4.69, 9.17) is 45.9 Å². The average molecular weight is 1350 g/mol. The van der Waals surface area contributed by atoms with Crippen molar-refractivity contribution >= 4 is 104 Å². The fraction of sp³-hybridized carbons (Fsp3) is 0.559. The van der Waals surface area contributed by atoms with E-state index in [2.05, 4.69) is 62.8 Å². The maximum absolute atomic E-state index is 15.3. The topological polar surface area (TPSA) is 565 Å². The Balaban J connectivity index is 1.78. The van der Waals surface area contributed by atoms with Gasteiger partial charge in [-0.25, -0.2) is 0 Å². The van der Waals surface area contributed by atoms with Crippen molar-refractivity contribution in [3.8, 4) is 5.75 Å². The fourth-order valence-electron chi connectivity index (χ4n) is 9.94. The molecule has 10 atom stereocenters. The minimum absolute atomic E-state index is 0.00159. The maximum atomic E-state index is 15.3. The molecule has 2 aliphatic rings. The lowest BCUT2D eigenvalue weighted by atomic mass is 9.96. The first-order valence-corrected chi connectivity index (χ1v) is 33.1. The first-order valence-electron chi connectivity index (χ1n) is 30.8. The zero-order chi connectivity index (χ0) is 69.7. The molecule has 0 radical (unpaired) electrons. The minimum Gasteiger partial charge on any atom is -0.508 e. The Bertz CT molecular complexity index is 3020. The van der Waals surface area contributed by atoms with Crippen molar-refractivity contribution in [1.29, 1.82) is 0 Å². The van der Waals surface area contributed by atoms with Crippen LogP contribution in [0.5, 0.6) is 5.75 Å². The van der Waals surface area contributed by atoms with Crippen LogP contribution < -0.4 is 93.7 Å².